The molecule has 1 aliphatic rings. The minimum absolute atomic E-state index is 0.0212. The topological polar surface area (TPSA) is 61.4 Å². The minimum Gasteiger partial charge on any atom is -0.396 e. The van der Waals surface area contributed by atoms with E-state index < -0.39 is 0 Å². The number of hydrogen-bond acceptors (Lipinski definition) is 3. The molecule has 76 valence electrons. The highest BCUT2D eigenvalue weighted by molar-refractivity contribution is 5.78. The lowest BCUT2D eigenvalue weighted by Crippen LogP contribution is -2.39. The van der Waals surface area contributed by atoms with E-state index >= 15 is 0 Å². The molecule has 4 nitrogen and oxygen atoms in total. The van der Waals surface area contributed by atoms with Crippen LogP contribution in [0.15, 0.2) is 0 Å². The fourth-order valence-electron chi connectivity index (χ4n) is 1.12. The number of carbonyl (C=O) groups is 1. The molecule has 0 aromatic carbocycles. The van der Waals surface area contributed by atoms with Gasteiger partial charge >= 0.3 is 0 Å². The van der Waals surface area contributed by atoms with Crippen molar-refractivity contribution in [2.45, 2.75) is 38.3 Å². The Morgan fingerprint density at radius 1 is 1.62 bits per heavy atom. The van der Waals surface area contributed by atoms with Crippen LogP contribution < -0.4 is 10.6 Å². The van der Waals surface area contributed by atoms with Gasteiger partial charge in [-0.2, -0.15) is 0 Å². The van der Waals surface area contributed by atoms with Crippen LogP contribution >= 0.6 is 0 Å². The summed E-state index contributed by atoms with van der Waals surface area (Å²) in [6.45, 7) is 2.42. The smallest absolute Gasteiger partial charge is 0.234 e. The first-order chi connectivity index (χ1) is 6.22. The van der Waals surface area contributed by atoms with E-state index in [4.69, 9.17) is 5.11 Å². The first-order valence-corrected chi connectivity index (χ1v) is 4.86. The lowest BCUT2D eigenvalue weighted by Gasteiger charge is -2.12. The molecule has 0 aromatic rings. The van der Waals surface area contributed by atoms with Crippen molar-refractivity contribution in [1.82, 2.24) is 10.6 Å². The number of rotatable bonds is 6. The highest BCUT2D eigenvalue weighted by Gasteiger charge is 2.21. The van der Waals surface area contributed by atoms with Crippen LogP contribution in [-0.2, 0) is 4.79 Å². The van der Waals surface area contributed by atoms with E-state index in [9.17, 15) is 4.79 Å². The molecule has 0 saturated heterocycles. The fourth-order valence-corrected chi connectivity index (χ4v) is 1.12. The zero-order valence-corrected chi connectivity index (χ0v) is 8.05. The third-order valence-electron chi connectivity index (χ3n) is 2.10. The van der Waals surface area contributed by atoms with Crippen LogP contribution in [0.25, 0.3) is 0 Å². The van der Waals surface area contributed by atoms with Crippen molar-refractivity contribution in [3.8, 4) is 0 Å². The molecule has 0 bridgehead atoms. The molecule has 0 heterocycles. The maximum absolute atomic E-state index is 11.2. The summed E-state index contributed by atoms with van der Waals surface area (Å²) in [5.74, 6) is 0.0212. The Kier molecular flexibility index (Phi) is 4.18. The van der Waals surface area contributed by atoms with Crippen LogP contribution in [0.1, 0.15) is 26.2 Å². The predicted octanol–water partition coefficient (Wildman–Crippen LogP) is -0.374. The summed E-state index contributed by atoms with van der Waals surface area (Å²) in [5.41, 5.74) is 0. The molecule has 1 saturated carbocycles. The molecule has 1 amide bonds. The second kappa shape index (κ2) is 5.19. The van der Waals surface area contributed by atoms with Crippen LogP contribution in [0.3, 0.4) is 0 Å². The van der Waals surface area contributed by atoms with Crippen molar-refractivity contribution in [3.05, 3.63) is 0 Å². The van der Waals surface area contributed by atoms with E-state index in [1.54, 1.807) is 0 Å². The van der Waals surface area contributed by atoms with Crippen molar-refractivity contribution in [2.24, 2.45) is 0 Å². The van der Waals surface area contributed by atoms with E-state index in [-0.39, 0.29) is 18.6 Å². The monoisotopic (exact) mass is 186 g/mol. The number of nitrogens with one attached hydrogen (secondary N) is 2. The Morgan fingerprint density at radius 2 is 2.31 bits per heavy atom. The molecule has 1 atom stereocenters. The molecule has 0 spiro atoms. The van der Waals surface area contributed by atoms with Crippen LogP contribution in [0.5, 0.6) is 0 Å². The van der Waals surface area contributed by atoms with Crippen molar-refractivity contribution in [3.63, 3.8) is 0 Å². The number of amides is 1. The number of aliphatic hydroxyl groups is 1. The molecule has 13 heavy (non-hydrogen) atoms. The Morgan fingerprint density at radius 3 is 2.85 bits per heavy atom. The third-order valence-corrected chi connectivity index (χ3v) is 2.10. The average molecular weight is 186 g/mol. The van der Waals surface area contributed by atoms with Gasteiger partial charge < -0.3 is 15.7 Å². The summed E-state index contributed by atoms with van der Waals surface area (Å²) in [7, 11) is 0. The van der Waals surface area contributed by atoms with E-state index in [0.717, 1.165) is 0 Å². The zero-order valence-electron chi connectivity index (χ0n) is 8.05. The quantitative estimate of drug-likeness (QED) is 0.530. The van der Waals surface area contributed by atoms with E-state index in [0.29, 0.717) is 19.0 Å². The second-order valence-electron chi connectivity index (χ2n) is 3.64. The summed E-state index contributed by atoms with van der Waals surface area (Å²) in [6.07, 6.45) is 3.01. The largest absolute Gasteiger partial charge is 0.396 e. The van der Waals surface area contributed by atoms with Gasteiger partial charge in [-0.05, 0) is 26.2 Å². The standard InChI is InChI=1S/C9H18N2O2/c1-7(4-5-12)11-9(13)6-10-8-2-3-8/h7-8,10,12H,2-6H2,1H3,(H,11,13). The molecule has 1 rings (SSSR count). The van der Waals surface area contributed by atoms with Gasteiger partial charge in [0, 0.05) is 18.7 Å². The van der Waals surface area contributed by atoms with Crippen LogP contribution in [0, 0.1) is 0 Å². The van der Waals surface area contributed by atoms with E-state index in [2.05, 4.69) is 10.6 Å². The summed E-state index contributed by atoms with van der Waals surface area (Å²) in [5, 5.41) is 14.5. The average Bonchev–Trinajstić information content (AvgIpc) is 2.84. The maximum Gasteiger partial charge on any atom is 0.234 e. The van der Waals surface area contributed by atoms with Gasteiger partial charge in [0.1, 0.15) is 0 Å². The Balaban J connectivity index is 2.01. The Labute approximate surface area is 78.7 Å². The Bertz CT molecular complexity index is 169. The summed E-state index contributed by atoms with van der Waals surface area (Å²) in [6, 6.07) is 0.636. The van der Waals surface area contributed by atoms with Gasteiger partial charge in [0.2, 0.25) is 5.91 Å². The summed E-state index contributed by atoms with van der Waals surface area (Å²) in [4.78, 5) is 11.2. The molecule has 0 aliphatic heterocycles. The Hall–Kier alpha value is -0.610. The minimum atomic E-state index is 0.0212. The van der Waals surface area contributed by atoms with Crippen LogP contribution in [0.4, 0.5) is 0 Å². The molecule has 1 aliphatic carbocycles. The number of carbonyl (C=O) groups excluding carboxylic acids is 1. The predicted molar refractivity (Wildman–Crippen MR) is 50.3 cm³/mol. The number of aliphatic hydroxyl groups excluding tert-OH is 1. The SMILES string of the molecule is CC(CCO)NC(=O)CNC1CC1. The van der Waals surface area contributed by atoms with Crippen LogP contribution in [-0.4, -0.2) is 36.2 Å². The lowest BCUT2D eigenvalue weighted by atomic mass is 10.2. The van der Waals surface area contributed by atoms with Crippen molar-refractivity contribution in [2.75, 3.05) is 13.2 Å². The van der Waals surface area contributed by atoms with Crippen LogP contribution in [0.2, 0.25) is 0 Å². The second-order valence-corrected chi connectivity index (χ2v) is 3.64. The van der Waals surface area contributed by atoms with Gasteiger partial charge in [-0.1, -0.05) is 0 Å². The van der Waals surface area contributed by atoms with Crippen molar-refractivity contribution < 1.29 is 9.90 Å². The highest BCUT2D eigenvalue weighted by atomic mass is 16.3. The maximum atomic E-state index is 11.2. The zero-order chi connectivity index (χ0) is 9.68. The van der Waals surface area contributed by atoms with Crippen molar-refractivity contribution >= 4 is 5.91 Å². The van der Waals surface area contributed by atoms with Gasteiger partial charge in [0.05, 0.1) is 6.54 Å². The van der Waals surface area contributed by atoms with Gasteiger partial charge in [-0.15, -0.1) is 0 Å². The molecule has 1 fully saturated rings. The first-order valence-electron chi connectivity index (χ1n) is 4.86. The van der Waals surface area contributed by atoms with E-state index in [1.165, 1.54) is 12.8 Å². The number of hydrogen-bond donors (Lipinski definition) is 3. The van der Waals surface area contributed by atoms with Gasteiger partial charge in [0.15, 0.2) is 0 Å². The van der Waals surface area contributed by atoms with E-state index in [1.807, 2.05) is 6.92 Å². The molecule has 3 N–H and O–H groups in total. The highest BCUT2D eigenvalue weighted by Crippen LogP contribution is 2.17. The molecule has 4 heteroatoms. The fraction of sp³-hybridized carbons (Fsp3) is 0.889. The third kappa shape index (κ3) is 4.85. The molecule has 1 unspecified atom stereocenters. The first kappa shape index (κ1) is 10.5. The summed E-state index contributed by atoms with van der Waals surface area (Å²) >= 11 is 0. The van der Waals surface area contributed by atoms with Crippen molar-refractivity contribution in [1.29, 1.82) is 0 Å². The normalized spacial score (nSPS) is 18.3. The molecule has 0 radical (unpaired) electrons. The van der Waals surface area contributed by atoms with Gasteiger partial charge in [0.25, 0.3) is 0 Å². The lowest BCUT2D eigenvalue weighted by molar-refractivity contribution is -0.120. The van der Waals surface area contributed by atoms with Gasteiger partial charge in [-0.3, -0.25) is 4.79 Å². The summed E-state index contributed by atoms with van der Waals surface area (Å²) < 4.78 is 0. The van der Waals surface area contributed by atoms with Gasteiger partial charge in [-0.25, -0.2) is 0 Å². The molecule has 0 aromatic heterocycles. The molecular weight excluding hydrogens is 168 g/mol. The molecular formula is C9H18N2O2.